The number of hydrogen-bond acceptors (Lipinski definition) is 2. The van der Waals surface area contributed by atoms with E-state index >= 15 is 0 Å². The maximum absolute atomic E-state index is 11.7. The van der Waals surface area contributed by atoms with E-state index in [1.54, 1.807) is 0 Å². The molecule has 1 heterocycles. The number of likely N-dealkylation sites (tertiary alicyclic amines) is 1. The zero-order valence-electron chi connectivity index (χ0n) is 10.3. The fraction of sp³-hybridized carbons (Fsp3) is 0.500. The van der Waals surface area contributed by atoms with Gasteiger partial charge in [-0.1, -0.05) is 31.5 Å². The van der Waals surface area contributed by atoms with Crippen LogP contribution in [0.2, 0.25) is 0 Å². The van der Waals surface area contributed by atoms with E-state index in [2.05, 4.69) is 6.92 Å². The largest absolute Gasteiger partial charge is 0.492 e. The van der Waals surface area contributed by atoms with E-state index in [1.165, 1.54) is 0 Å². The average molecular weight is 233 g/mol. The molecule has 0 aliphatic carbocycles. The monoisotopic (exact) mass is 233 g/mol. The molecule has 1 saturated heterocycles. The van der Waals surface area contributed by atoms with Crippen molar-refractivity contribution >= 4 is 5.91 Å². The van der Waals surface area contributed by atoms with E-state index in [4.69, 9.17) is 4.74 Å². The van der Waals surface area contributed by atoms with Crippen molar-refractivity contribution in [3.8, 4) is 5.75 Å². The van der Waals surface area contributed by atoms with E-state index in [1.807, 2.05) is 35.2 Å². The van der Waals surface area contributed by atoms with Crippen LogP contribution in [0.4, 0.5) is 0 Å². The molecule has 1 aliphatic heterocycles. The summed E-state index contributed by atoms with van der Waals surface area (Å²) in [6, 6.07) is 9.72. The van der Waals surface area contributed by atoms with E-state index in [0.717, 1.165) is 18.7 Å². The summed E-state index contributed by atoms with van der Waals surface area (Å²) in [5.74, 6) is 1.68. The Morgan fingerprint density at radius 1 is 1.35 bits per heavy atom. The van der Waals surface area contributed by atoms with Crippen LogP contribution in [0.25, 0.3) is 0 Å². The lowest BCUT2D eigenvalue weighted by Gasteiger charge is -2.16. The zero-order valence-corrected chi connectivity index (χ0v) is 10.3. The number of para-hydroxylation sites is 1. The number of rotatable bonds is 5. The topological polar surface area (TPSA) is 29.5 Å². The fourth-order valence-corrected chi connectivity index (χ4v) is 2.13. The minimum atomic E-state index is 0.272. The van der Waals surface area contributed by atoms with Gasteiger partial charge in [-0.25, -0.2) is 0 Å². The van der Waals surface area contributed by atoms with Gasteiger partial charge in [-0.2, -0.15) is 0 Å². The first kappa shape index (κ1) is 12.0. The van der Waals surface area contributed by atoms with Crippen LogP contribution in [0.5, 0.6) is 5.75 Å². The van der Waals surface area contributed by atoms with Crippen molar-refractivity contribution in [3.05, 3.63) is 30.3 Å². The second-order valence-electron chi connectivity index (χ2n) is 4.48. The fourth-order valence-electron chi connectivity index (χ4n) is 2.13. The second kappa shape index (κ2) is 5.71. The zero-order chi connectivity index (χ0) is 12.1. The van der Waals surface area contributed by atoms with E-state index in [-0.39, 0.29) is 5.91 Å². The summed E-state index contributed by atoms with van der Waals surface area (Å²) in [5, 5.41) is 0. The summed E-state index contributed by atoms with van der Waals surface area (Å²) >= 11 is 0. The molecule has 0 bridgehead atoms. The predicted octanol–water partition coefficient (Wildman–Crippen LogP) is 2.32. The van der Waals surface area contributed by atoms with Crippen molar-refractivity contribution < 1.29 is 9.53 Å². The van der Waals surface area contributed by atoms with Crippen LogP contribution in [-0.4, -0.2) is 30.5 Å². The van der Waals surface area contributed by atoms with Gasteiger partial charge in [0, 0.05) is 13.0 Å². The molecule has 1 fully saturated rings. The number of benzene rings is 1. The van der Waals surface area contributed by atoms with Gasteiger partial charge in [-0.15, -0.1) is 0 Å². The number of nitrogens with zero attached hydrogens (tertiary/aromatic N) is 1. The molecule has 0 saturated carbocycles. The Balaban J connectivity index is 1.74. The van der Waals surface area contributed by atoms with Crippen molar-refractivity contribution in [2.24, 2.45) is 5.92 Å². The van der Waals surface area contributed by atoms with Gasteiger partial charge in [0.25, 0.3) is 0 Å². The molecule has 0 N–H and O–H groups in total. The molecular weight excluding hydrogens is 214 g/mol. The molecule has 1 aliphatic rings. The molecule has 1 atom stereocenters. The van der Waals surface area contributed by atoms with Gasteiger partial charge in [0.2, 0.25) is 5.91 Å². The molecule has 1 aromatic rings. The maximum atomic E-state index is 11.7. The standard InChI is InChI=1S/C14H19NO2/c1-2-12-10-14(16)15(11-12)8-9-17-13-6-4-3-5-7-13/h3-7,12H,2,8-11H2,1H3. The van der Waals surface area contributed by atoms with Crippen LogP contribution in [0.1, 0.15) is 19.8 Å². The Morgan fingerprint density at radius 3 is 2.76 bits per heavy atom. The summed E-state index contributed by atoms with van der Waals surface area (Å²) in [6.45, 7) is 4.31. The van der Waals surface area contributed by atoms with Gasteiger partial charge >= 0.3 is 0 Å². The number of carbonyl (C=O) groups is 1. The van der Waals surface area contributed by atoms with Crippen LogP contribution in [0, 0.1) is 5.92 Å². The second-order valence-corrected chi connectivity index (χ2v) is 4.48. The Labute approximate surface area is 102 Å². The van der Waals surface area contributed by atoms with Crippen molar-refractivity contribution in [2.75, 3.05) is 19.7 Å². The molecule has 1 amide bonds. The molecule has 92 valence electrons. The summed E-state index contributed by atoms with van der Waals surface area (Å²) in [4.78, 5) is 13.6. The van der Waals surface area contributed by atoms with Crippen molar-refractivity contribution in [3.63, 3.8) is 0 Å². The third-order valence-corrected chi connectivity index (χ3v) is 3.25. The molecule has 0 spiro atoms. The highest BCUT2D eigenvalue weighted by atomic mass is 16.5. The van der Waals surface area contributed by atoms with Crippen LogP contribution in [0.15, 0.2) is 30.3 Å². The number of amides is 1. The highest BCUT2D eigenvalue weighted by Gasteiger charge is 2.27. The molecule has 0 aromatic heterocycles. The SMILES string of the molecule is CCC1CC(=O)N(CCOc2ccccc2)C1. The first-order valence-corrected chi connectivity index (χ1v) is 6.25. The predicted molar refractivity (Wildman–Crippen MR) is 66.9 cm³/mol. The Morgan fingerprint density at radius 2 is 2.12 bits per heavy atom. The lowest BCUT2D eigenvalue weighted by Crippen LogP contribution is -2.29. The highest BCUT2D eigenvalue weighted by molar-refractivity contribution is 5.78. The molecule has 3 nitrogen and oxygen atoms in total. The van der Waals surface area contributed by atoms with Gasteiger partial charge < -0.3 is 9.64 Å². The third kappa shape index (κ3) is 3.22. The smallest absolute Gasteiger partial charge is 0.223 e. The lowest BCUT2D eigenvalue weighted by atomic mass is 10.1. The summed E-state index contributed by atoms with van der Waals surface area (Å²) < 4.78 is 5.59. The van der Waals surface area contributed by atoms with Crippen molar-refractivity contribution in [2.45, 2.75) is 19.8 Å². The molecule has 17 heavy (non-hydrogen) atoms. The molecule has 2 rings (SSSR count). The Kier molecular flexibility index (Phi) is 4.02. The third-order valence-electron chi connectivity index (χ3n) is 3.25. The summed E-state index contributed by atoms with van der Waals surface area (Å²) in [6.07, 6.45) is 1.80. The van der Waals surface area contributed by atoms with Crippen LogP contribution < -0.4 is 4.74 Å². The van der Waals surface area contributed by atoms with Gasteiger partial charge in [-0.05, 0) is 18.1 Å². The Bertz CT molecular complexity index is 364. The molecule has 1 unspecified atom stereocenters. The van der Waals surface area contributed by atoms with Crippen molar-refractivity contribution in [1.29, 1.82) is 0 Å². The van der Waals surface area contributed by atoms with Crippen LogP contribution >= 0.6 is 0 Å². The first-order chi connectivity index (χ1) is 8.29. The van der Waals surface area contributed by atoms with Crippen LogP contribution in [-0.2, 0) is 4.79 Å². The average Bonchev–Trinajstić information content (AvgIpc) is 2.72. The van der Waals surface area contributed by atoms with Gasteiger partial charge in [0.05, 0.1) is 6.54 Å². The lowest BCUT2D eigenvalue weighted by molar-refractivity contribution is -0.128. The Hall–Kier alpha value is -1.51. The first-order valence-electron chi connectivity index (χ1n) is 6.25. The maximum Gasteiger partial charge on any atom is 0.223 e. The van der Waals surface area contributed by atoms with Gasteiger partial charge in [0.1, 0.15) is 12.4 Å². The van der Waals surface area contributed by atoms with Gasteiger partial charge in [0.15, 0.2) is 0 Å². The summed E-state index contributed by atoms with van der Waals surface area (Å²) in [5.41, 5.74) is 0. The molecule has 0 radical (unpaired) electrons. The summed E-state index contributed by atoms with van der Waals surface area (Å²) in [7, 11) is 0. The van der Waals surface area contributed by atoms with E-state index < -0.39 is 0 Å². The van der Waals surface area contributed by atoms with E-state index in [9.17, 15) is 4.79 Å². The number of ether oxygens (including phenoxy) is 1. The van der Waals surface area contributed by atoms with E-state index in [0.29, 0.717) is 25.5 Å². The molecule has 1 aromatic carbocycles. The van der Waals surface area contributed by atoms with Gasteiger partial charge in [-0.3, -0.25) is 4.79 Å². The molecular formula is C14H19NO2. The number of carbonyl (C=O) groups excluding carboxylic acids is 1. The highest BCUT2D eigenvalue weighted by Crippen LogP contribution is 2.20. The normalized spacial score (nSPS) is 19.7. The number of hydrogen-bond donors (Lipinski definition) is 0. The van der Waals surface area contributed by atoms with Crippen molar-refractivity contribution in [1.82, 2.24) is 4.90 Å². The minimum absolute atomic E-state index is 0.272. The molecule has 3 heteroatoms. The minimum Gasteiger partial charge on any atom is -0.492 e. The van der Waals surface area contributed by atoms with Crippen LogP contribution in [0.3, 0.4) is 0 Å². The quantitative estimate of drug-likeness (QED) is 0.781.